The van der Waals surface area contributed by atoms with Gasteiger partial charge in [-0.3, -0.25) is 0 Å². The number of nitriles is 1. The lowest BCUT2D eigenvalue weighted by atomic mass is 10.0. The Hall–Kier alpha value is -2.85. The van der Waals surface area contributed by atoms with Crippen LogP contribution in [0.25, 0.3) is 5.69 Å². The second-order valence-electron chi connectivity index (χ2n) is 5.95. The molecule has 0 amide bonds. The first kappa shape index (κ1) is 18.0. The van der Waals surface area contributed by atoms with E-state index in [4.69, 9.17) is 10.00 Å². The van der Waals surface area contributed by atoms with Crippen LogP contribution in [0.2, 0.25) is 0 Å². The summed E-state index contributed by atoms with van der Waals surface area (Å²) in [5.41, 5.74) is 2.84. The van der Waals surface area contributed by atoms with Gasteiger partial charge in [-0.1, -0.05) is 37.7 Å². The molecular weight excluding hydrogens is 346 g/mol. The van der Waals surface area contributed by atoms with Gasteiger partial charge in [0, 0.05) is 5.75 Å². The fraction of sp³-hybridized carbons (Fsp3) is 0.263. The van der Waals surface area contributed by atoms with Gasteiger partial charge in [-0.15, -0.1) is 5.10 Å². The molecule has 0 aliphatic rings. The molecule has 1 heterocycles. The van der Waals surface area contributed by atoms with E-state index in [2.05, 4.69) is 47.6 Å². The van der Waals surface area contributed by atoms with Gasteiger partial charge in [0.25, 0.3) is 0 Å². The van der Waals surface area contributed by atoms with Gasteiger partial charge in [-0.05, 0) is 58.3 Å². The molecule has 0 saturated heterocycles. The second-order valence-corrected chi connectivity index (χ2v) is 7.01. The van der Waals surface area contributed by atoms with Crippen LogP contribution in [0.4, 0.5) is 0 Å². The van der Waals surface area contributed by atoms with Gasteiger partial charge < -0.3 is 4.74 Å². The lowest BCUT2D eigenvalue weighted by Crippen LogP contribution is -2.03. The highest BCUT2D eigenvalue weighted by molar-refractivity contribution is 7.99. The molecule has 0 aliphatic heterocycles. The zero-order valence-electron chi connectivity index (χ0n) is 14.7. The van der Waals surface area contributed by atoms with Gasteiger partial charge in [0.1, 0.15) is 5.75 Å². The molecule has 2 aromatic carbocycles. The molecule has 7 heteroatoms. The average Bonchev–Trinajstić information content (AvgIpc) is 3.14. The zero-order valence-corrected chi connectivity index (χ0v) is 15.5. The van der Waals surface area contributed by atoms with Crippen LogP contribution in [0.1, 0.15) is 30.9 Å². The highest BCUT2D eigenvalue weighted by Gasteiger charge is 2.09. The van der Waals surface area contributed by atoms with Gasteiger partial charge in [0.2, 0.25) is 5.16 Å². The van der Waals surface area contributed by atoms with E-state index in [1.165, 1.54) is 17.3 Å². The predicted molar refractivity (Wildman–Crippen MR) is 101 cm³/mol. The van der Waals surface area contributed by atoms with Crippen molar-refractivity contribution in [3.05, 3.63) is 59.7 Å². The van der Waals surface area contributed by atoms with Crippen molar-refractivity contribution in [2.75, 3.05) is 12.4 Å². The summed E-state index contributed by atoms with van der Waals surface area (Å²) in [7, 11) is 0. The maximum Gasteiger partial charge on any atom is 0.214 e. The smallest absolute Gasteiger partial charge is 0.214 e. The second kappa shape index (κ2) is 8.50. The molecule has 0 unspecified atom stereocenters. The number of nitrogens with zero attached hydrogens (tertiary/aromatic N) is 5. The Morgan fingerprint density at radius 1 is 1.12 bits per heavy atom. The minimum atomic E-state index is 0.492. The molecule has 0 saturated carbocycles. The summed E-state index contributed by atoms with van der Waals surface area (Å²) in [5, 5.41) is 21.5. The van der Waals surface area contributed by atoms with Crippen molar-refractivity contribution in [1.82, 2.24) is 20.2 Å². The van der Waals surface area contributed by atoms with Crippen molar-refractivity contribution in [3.63, 3.8) is 0 Å². The number of aromatic nitrogens is 4. The maximum atomic E-state index is 8.80. The third-order valence-electron chi connectivity index (χ3n) is 3.81. The average molecular weight is 365 g/mol. The number of benzene rings is 2. The summed E-state index contributed by atoms with van der Waals surface area (Å²) in [6, 6.07) is 17.4. The fourth-order valence-electron chi connectivity index (χ4n) is 2.35. The monoisotopic (exact) mass is 365 g/mol. The normalized spacial score (nSPS) is 10.7. The van der Waals surface area contributed by atoms with Crippen molar-refractivity contribution >= 4 is 11.8 Å². The van der Waals surface area contributed by atoms with Gasteiger partial charge in [-0.25, -0.2) is 0 Å². The van der Waals surface area contributed by atoms with E-state index in [1.54, 1.807) is 28.9 Å². The topological polar surface area (TPSA) is 76.6 Å². The summed E-state index contributed by atoms with van der Waals surface area (Å²) in [5.74, 6) is 1.95. The van der Waals surface area contributed by atoms with Crippen molar-refractivity contribution in [2.45, 2.75) is 24.9 Å². The summed E-state index contributed by atoms with van der Waals surface area (Å²) in [6.45, 7) is 4.86. The Bertz CT molecular complexity index is 882. The maximum absolute atomic E-state index is 8.80. The molecule has 0 radical (unpaired) electrons. The van der Waals surface area contributed by atoms with Crippen LogP contribution in [0.3, 0.4) is 0 Å². The highest BCUT2D eigenvalue weighted by atomic mass is 32.2. The summed E-state index contributed by atoms with van der Waals surface area (Å²) < 4.78 is 7.42. The van der Waals surface area contributed by atoms with E-state index in [-0.39, 0.29) is 0 Å². The summed E-state index contributed by atoms with van der Waals surface area (Å²) in [4.78, 5) is 0. The predicted octanol–water partition coefficient (Wildman–Crippen LogP) is 3.83. The SMILES string of the molecule is CC(C)c1ccc(-n2nnnc2SCCOc2ccc(C#N)cc2)cc1. The van der Waals surface area contributed by atoms with Crippen LogP contribution in [0, 0.1) is 11.3 Å². The van der Waals surface area contributed by atoms with Crippen LogP contribution in [0.15, 0.2) is 53.7 Å². The summed E-state index contributed by atoms with van der Waals surface area (Å²) >= 11 is 1.54. The molecule has 1 aromatic heterocycles. The molecule has 0 bridgehead atoms. The number of tetrazole rings is 1. The quantitative estimate of drug-likeness (QED) is 0.468. The summed E-state index contributed by atoms with van der Waals surface area (Å²) in [6.07, 6.45) is 0. The minimum Gasteiger partial charge on any atom is -0.493 e. The molecule has 132 valence electrons. The number of hydrogen-bond acceptors (Lipinski definition) is 6. The molecular formula is C19H19N5OS. The highest BCUT2D eigenvalue weighted by Crippen LogP contribution is 2.21. The van der Waals surface area contributed by atoms with Gasteiger partial charge >= 0.3 is 0 Å². The molecule has 3 aromatic rings. The van der Waals surface area contributed by atoms with Crippen molar-refractivity contribution in [3.8, 4) is 17.5 Å². The molecule has 3 rings (SSSR count). The van der Waals surface area contributed by atoms with Crippen molar-refractivity contribution in [2.24, 2.45) is 0 Å². The number of thioether (sulfide) groups is 1. The molecule has 0 aliphatic carbocycles. The van der Waals surface area contributed by atoms with Crippen LogP contribution in [-0.4, -0.2) is 32.6 Å². The fourth-order valence-corrected chi connectivity index (χ4v) is 3.06. The molecule has 0 N–H and O–H groups in total. The Kier molecular flexibility index (Phi) is 5.87. The number of rotatable bonds is 7. The van der Waals surface area contributed by atoms with E-state index in [0.717, 1.165) is 16.6 Å². The Morgan fingerprint density at radius 2 is 1.85 bits per heavy atom. The minimum absolute atomic E-state index is 0.492. The molecule has 0 fully saturated rings. The molecule has 0 atom stereocenters. The Morgan fingerprint density at radius 3 is 2.50 bits per heavy atom. The number of hydrogen-bond donors (Lipinski definition) is 0. The lowest BCUT2D eigenvalue weighted by Gasteiger charge is -2.08. The van der Waals surface area contributed by atoms with Crippen molar-refractivity contribution in [1.29, 1.82) is 5.26 Å². The van der Waals surface area contributed by atoms with E-state index in [1.807, 2.05) is 12.1 Å². The van der Waals surface area contributed by atoms with Gasteiger partial charge in [-0.2, -0.15) is 9.94 Å². The first-order chi connectivity index (χ1) is 12.7. The first-order valence-corrected chi connectivity index (χ1v) is 9.30. The molecule has 0 spiro atoms. The van der Waals surface area contributed by atoms with Crippen LogP contribution < -0.4 is 4.74 Å². The largest absolute Gasteiger partial charge is 0.493 e. The molecule has 26 heavy (non-hydrogen) atoms. The van der Waals surface area contributed by atoms with E-state index in [0.29, 0.717) is 23.8 Å². The van der Waals surface area contributed by atoms with E-state index in [9.17, 15) is 0 Å². The molecule has 6 nitrogen and oxygen atoms in total. The van der Waals surface area contributed by atoms with Crippen LogP contribution in [-0.2, 0) is 0 Å². The first-order valence-electron chi connectivity index (χ1n) is 8.32. The Labute approximate surface area is 156 Å². The van der Waals surface area contributed by atoms with Crippen molar-refractivity contribution < 1.29 is 4.74 Å². The third-order valence-corrected chi connectivity index (χ3v) is 4.70. The third kappa shape index (κ3) is 4.41. The van der Waals surface area contributed by atoms with Gasteiger partial charge in [0.05, 0.1) is 23.9 Å². The van der Waals surface area contributed by atoms with Gasteiger partial charge in [0.15, 0.2) is 0 Å². The standard InChI is InChI=1S/C19H19N5OS/c1-14(2)16-5-7-17(8-6-16)24-19(21-22-23-24)26-12-11-25-18-9-3-15(13-20)4-10-18/h3-10,14H,11-12H2,1-2H3. The van der Waals surface area contributed by atoms with Crippen LogP contribution >= 0.6 is 11.8 Å². The van der Waals surface area contributed by atoms with E-state index < -0.39 is 0 Å². The zero-order chi connectivity index (χ0) is 18.4. The van der Waals surface area contributed by atoms with E-state index >= 15 is 0 Å². The van der Waals surface area contributed by atoms with Crippen LogP contribution in [0.5, 0.6) is 5.75 Å². The lowest BCUT2D eigenvalue weighted by molar-refractivity contribution is 0.344. The number of ether oxygens (including phenoxy) is 1. The Balaban J connectivity index is 1.56.